The topological polar surface area (TPSA) is 73.1 Å². The Labute approximate surface area is 126 Å². The number of thioether (sulfide) groups is 1. The lowest BCUT2D eigenvalue weighted by Gasteiger charge is -2.02. The number of amides is 1. The number of rotatable bonds is 4. The van der Waals surface area contributed by atoms with E-state index in [0.29, 0.717) is 5.69 Å². The van der Waals surface area contributed by atoms with Crippen LogP contribution in [0.15, 0.2) is 59.5 Å². The summed E-state index contributed by atoms with van der Waals surface area (Å²) in [6.07, 6.45) is 3.08. The van der Waals surface area contributed by atoms with Crippen LogP contribution in [-0.4, -0.2) is 11.0 Å². The Morgan fingerprint density at radius 3 is 2.43 bits per heavy atom. The summed E-state index contributed by atoms with van der Waals surface area (Å²) in [5, 5.41) is 22.4. The lowest BCUT2D eigenvalue weighted by atomic mass is 10.2. The Bertz CT molecular complexity index is 686. The van der Waals surface area contributed by atoms with Crippen LogP contribution in [0.4, 0.5) is 5.69 Å². The highest BCUT2D eigenvalue weighted by molar-refractivity contribution is 8.03. The predicted molar refractivity (Wildman–Crippen MR) is 83.7 cm³/mol. The molecule has 0 aliphatic rings. The lowest BCUT2D eigenvalue weighted by molar-refractivity contribution is -0.111. The molecule has 0 aliphatic carbocycles. The van der Waals surface area contributed by atoms with Gasteiger partial charge in [0.25, 0.3) is 0 Å². The number of nitrogens with zero attached hydrogens (tertiary/aromatic N) is 1. The fourth-order valence-electron chi connectivity index (χ4n) is 1.60. The van der Waals surface area contributed by atoms with Crippen molar-refractivity contribution in [2.24, 2.45) is 0 Å². The first-order chi connectivity index (χ1) is 10.2. The number of nitrogens with one attached hydrogen (secondary N) is 1. The zero-order valence-corrected chi connectivity index (χ0v) is 11.8. The van der Waals surface area contributed by atoms with E-state index < -0.39 is 0 Å². The second-order valence-electron chi connectivity index (χ2n) is 4.13. The molecule has 0 fully saturated rings. The van der Waals surface area contributed by atoms with E-state index in [1.54, 1.807) is 54.6 Å². The number of hydrogen-bond donors (Lipinski definition) is 2. The number of hydrogen-bond acceptors (Lipinski definition) is 4. The minimum absolute atomic E-state index is 0.187. The number of benzene rings is 2. The van der Waals surface area contributed by atoms with Crippen LogP contribution < -0.4 is 5.32 Å². The van der Waals surface area contributed by atoms with Gasteiger partial charge in [0.15, 0.2) is 0 Å². The third kappa shape index (κ3) is 4.71. The van der Waals surface area contributed by atoms with E-state index in [2.05, 4.69) is 5.32 Å². The maximum atomic E-state index is 11.8. The Hall–Kier alpha value is -2.71. The van der Waals surface area contributed by atoms with Crippen molar-refractivity contribution in [3.63, 3.8) is 0 Å². The number of carbonyl (C=O) groups is 1. The van der Waals surface area contributed by atoms with Gasteiger partial charge in [0.05, 0.1) is 0 Å². The van der Waals surface area contributed by atoms with Gasteiger partial charge in [-0.15, -0.1) is 0 Å². The third-order valence-corrected chi connectivity index (χ3v) is 3.20. The predicted octanol–water partition coefficient (Wildman–Crippen LogP) is 3.62. The Morgan fingerprint density at radius 1 is 1.14 bits per heavy atom. The van der Waals surface area contributed by atoms with Crippen molar-refractivity contribution in [2.75, 3.05) is 5.32 Å². The summed E-state index contributed by atoms with van der Waals surface area (Å²) in [7, 11) is 0. The summed E-state index contributed by atoms with van der Waals surface area (Å²) < 4.78 is 0. The van der Waals surface area contributed by atoms with E-state index >= 15 is 0 Å². The van der Waals surface area contributed by atoms with Crippen LogP contribution in [0, 0.1) is 10.7 Å². The average molecular weight is 296 g/mol. The molecular weight excluding hydrogens is 284 g/mol. The molecule has 0 saturated heterocycles. The molecule has 2 rings (SSSR count). The molecule has 0 spiro atoms. The SMILES string of the molecule is N#CSc1ccc(NC(=O)/C=C/c2ccc(O)cc2)cc1. The van der Waals surface area contributed by atoms with Gasteiger partial charge in [0.1, 0.15) is 11.2 Å². The second-order valence-corrected chi connectivity index (χ2v) is 4.99. The molecule has 2 N–H and O–H groups in total. The first-order valence-electron chi connectivity index (χ1n) is 6.11. The number of anilines is 1. The summed E-state index contributed by atoms with van der Waals surface area (Å²) in [4.78, 5) is 12.6. The molecule has 0 heterocycles. The van der Waals surface area contributed by atoms with E-state index in [-0.39, 0.29) is 11.7 Å². The first-order valence-corrected chi connectivity index (χ1v) is 6.93. The fourth-order valence-corrected chi connectivity index (χ4v) is 1.98. The molecular formula is C16H12N2O2S. The van der Waals surface area contributed by atoms with Gasteiger partial charge in [-0.2, -0.15) is 5.26 Å². The van der Waals surface area contributed by atoms with Crippen molar-refractivity contribution in [3.05, 3.63) is 60.2 Å². The largest absolute Gasteiger partial charge is 0.508 e. The minimum atomic E-state index is -0.247. The molecule has 4 nitrogen and oxygen atoms in total. The van der Waals surface area contributed by atoms with Crippen LogP contribution in [0.25, 0.3) is 6.08 Å². The molecule has 0 bridgehead atoms. The van der Waals surface area contributed by atoms with Crippen molar-refractivity contribution in [1.82, 2.24) is 0 Å². The van der Waals surface area contributed by atoms with Gasteiger partial charge in [-0.3, -0.25) is 4.79 Å². The Balaban J connectivity index is 1.95. The van der Waals surface area contributed by atoms with E-state index in [4.69, 9.17) is 10.4 Å². The van der Waals surface area contributed by atoms with Crippen molar-refractivity contribution < 1.29 is 9.90 Å². The normalized spacial score (nSPS) is 10.2. The van der Waals surface area contributed by atoms with E-state index in [9.17, 15) is 4.79 Å². The fraction of sp³-hybridized carbons (Fsp3) is 0. The van der Waals surface area contributed by atoms with Crippen molar-refractivity contribution in [1.29, 1.82) is 5.26 Å². The molecule has 2 aromatic rings. The Morgan fingerprint density at radius 2 is 1.81 bits per heavy atom. The highest BCUT2D eigenvalue weighted by atomic mass is 32.2. The van der Waals surface area contributed by atoms with E-state index in [0.717, 1.165) is 22.2 Å². The third-order valence-electron chi connectivity index (χ3n) is 2.61. The molecule has 104 valence electrons. The summed E-state index contributed by atoms with van der Waals surface area (Å²) in [6.45, 7) is 0. The van der Waals surface area contributed by atoms with Crippen molar-refractivity contribution >= 4 is 29.4 Å². The molecule has 0 unspecified atom stereocenters. The van der Waals surface area contributed by atoms with E-state index in [1.165, 1.54) is 6.08 Å². The van der Waals surface area contributed by atoms with Gasteiger partial charge in [0, 0.05) is 16.7 Å². The molecule has 0 saturated carbocycles. The molecule has 1 amide bonds. The van der Waals surface area contributed by atoms with Gasteiger partial charge in [-0.25, -0.2) is 0 Å². The zero-order valence-electron chi connectivity index (χ0n) is 11.0. The monoisotopic (exact) mass is 296 g/mol. The van der Waals surface area contributed by atoms with Crippen LogP contribution in [0.5, 0.6) is 5.75 Å². The van der Waals surface area contributed by atoms with Gasteiger partial charge in [-0.05, 0) is 59.8 Å². The summed E-state index contributed by atoms with van der Waals surface area (Å²) in [5.41, 5.74) is 1.49. The first kappa shape index (κ1) is 14.7. The molecule has 0 aromatic heterocycles. The van der Waals surface area contributed by atoms with Crippen LogP contribution in [0.1, 0.15) is 5.56 Å². The zero-order chi connectivity index (χ0) is 15.1. The minimum Gasteiger partial charge on any atom is -0.508 e. The number of phenolic OH excluding ortho intramolecular Hbond substituents is 1. The summed E-state index contributed by atoms with van der Waals surface area (Å²) in [5.74, 6) is -0.0595. The van der Waals surface area contributed by atoms with Gasteiger partial charge in [0.2, 0.25) is 5.91 Å². The molecule has 0 aliphatic heterocycles. The molecule has 0 radical (unpaired) electrons. The van der Waals surface area contributed by atoms with Gasteiger partial charge >= 0.3 is 0 Å². The highest BCUT2D eigenvalue weighted by Crippen LogP contribution is 2.19. The average Bonchev–Trinajstić information content (AvgIpc) is 2.49. The van der Waals surface area contributed by atoms with Crippen LogP contribution in [0.2, 0.25) is 0 Å². The number of carbonyl (C=O) groups excluding carboxylic acids is 1. The van der Waals surface area contributed by atoms with Crippen LogP contribution in [-0.2, 0) is 4.79 Å². The smallest absolute Gasteiger partial charge is 0.248 e. The molecule has 0 atom stereocenters. The highest BCUT2D eigenvalue weighted by Gasteiger charge is 1.99. The number of phenols is 1. The molecule has 2 aromatic carbocycles. The lowest BCUT2D eigenvalue weighted by Crippen LogP contribution is -2.07. The number of nitriles is 1. The van der Waals surface area contributed by atoms with Crippen molar-refractivity contribution in [3.8, 4) is 11.2 Å². The van der Waals surface area contributed by atoms with Gasteiger partial charge < -0.3 is 10.4 Å². The van der Waals surface area contributed by atoms with Crippen molar-refractivity contribution in [2.45, 2.75) is 4.90 Å². The number of thiocyanates is 1. The summed E-state index contributed by atoms with van der Waals surface area (Å²) in [6, 6.07) is 13.6. The van der Waals surface area contributed by atoms with Gasteiger partial charge in [-0.1, -0.05) is 12.1 Å². The Kier molecular flexibility index (Phi) is 5.02. The van der Waals surface area contributed by atoms with Crippen LogP contribution in [0.3, 0.4) is 0 Å². The quantitative estimate of drug-likeness (QED) is 0.513. The second kappa shape index (κ2) is 7.17. The molecule has 21 heavy (non-hydrogen) atoms. The number of aromatic hydroxyl groups is 1. The maximum Gasteiger partial charge on any atom is 0.248 e. The molecule has 5 heteroatoms. The maximum absolute atomic E-state index is 11.8. The van der Waals surface area contributed by atoms with E-state index in [1.807, 2.05) is 5.40 Å². The standard InChI is InChI=1S/C16H12N2O2S/c17-11-21-15-8-4-13(5-9-15)18-16(20)10-3-12-1-6-14(19)7-2-12/h1-10,19H,(H,18,20)/b10-3+. The summed E-state index contributed by atoms with van der Waals surface area (Å²) >= 11 is 1.07. The van der Waals surface area contributed by atoms with Crippen LogP contribution >= 0.6 is 11.8 Å².